The Kier molecular flexibility index (Phi) is 7.30. The maximum absolute atomic E-state index is 11.0. The van der Waals surface area contributed by atoms with Crippen LogP contribution >= 0.6 is 0 Å². The van der Waals surface area contributed by atoms with Gasteiger partial charge >= 0.3 is 5.97 Å². The number of ether oxygens (including phenoxy) is 1. The molecule has 3 heteroatoms. The van der Waals surface area contributed by atoms with Crippen LogP contribution in [0.15, 0.2) is 12.7 Å². The van der Waals surface area contributed by atoms with Gasteiger partial charge in [-0.2, -0.15) is 0 Å². The number of carbonyl (C=O) groups is 1. The van der Waals surface area contributed by atoms with Gasteiger partial charge < -0.3 is 9.84 Å². The summed E-state index contributed by atoms with van der Waals surface area (Å²) in [5, 5.41) is 9.13. The Morgan fingerprint density at radius 2 is 2.31 bits per heavy atom. The first-order chi connectivity index (χ1) is 6.22. The molecule has 0 fully saturated rings. The zero-order chi connectivity index (χ0) is 10.1. The molecular formula is C10H18O3. The third-order valence-corrected chi connectivity index (χ3v) is 1.65. The van der Waals surface area contributed by atoms with Crippen LogP contribution in [0, 0.1) is 0 Å². The second-order valence-corrected chi connectivity index (χ2v) is 2.91. The Morgan fingerprint density at radius 1 is 1.62 bits per heavy atom. The molecule has 0 aromatic carbocycles. The molecule has 0 aromatic heterocycles. The molecule has 0 spiro atoms. The molecule has 1 N–H and O–H groups in total. The van der Waals surface area contributed by atoms with Crippen molar-refractivity contribution in [1.29, 1.82) is 0 Å². The molecule has 0 aliphatic carbocycles. The molecule has 1 atom stereocenters. The highest BCUT2D eigenvalue weighted by Gasteiger charge is 2.13. The highest BCUT2D eigenvalue weighted by molar-refractivity contribution is 5.74. The maximum atomic E-state index is 11.0. The summed E-state index contributed by atoms with van der Waals surface area (Å²) in [6.07, 6.45) is 3.71. The van der Waals surface area contributed by atoms with E-state index in [2.05, 4.69) is 13.5 Å². The van der Waals surface area contributed by atoms with Gasteiger partial charge in [-0.15, -0.1) is 6.58 Å². The molecule has 13 heavy (non-hydrogen) atoms. The summed E-state index contributed by atoms with van der Waals surface area (Å²) in [4.78, 5) is 11.0. The number of hydrogen-bond acceptors (Lipinski definition) is 3. The summed E-state index contributed by atoms with van der Waals surface area (Å²) in [6, 6.07) is 0. The van der Waals surface area contributed by atoms with E-state index in [9.17, 15) is 4.79 Å². The number of rotatable bonds is 7. The average molecular weight is 186 g/mol. The Balaban J connectivity index is 3.44. The topological polar surface area (TPSA) is 46.5 Å². The third kappa shape index (κ3) is 6.34. The second kappa shape index (κ2) is 7.80. The summed E-state index contributed by atoms with van der Waals surface area (Å²) in [6.45, 7) is 5.91. The quantitative estimate of drug-likeness (QED) is 0.373. The number of carbonyl (C=O) groups excluding carboxylic acids is 1. The maximum Gasteiger partial charge on any atom is 0.335 e. The van der Waals surface area contributed by atoms with Crippen LogP contribution in [0.1, 0.15) is 32.6 Å². The van der Waals surface area contributed by atoms with Crippen LogP contribution in [0.4, 0.5) is 0 Å². The molecule has 0 amide bonds. The molecule has 0 heterocycles. The minimum absolute atomic E-state index is 0.257. The van der Waals surface area contributed by atoms with Gasteiger partial charge in [0.2, 0.25) is 0 Å². The zero-order valence-electron chi connectivity index (χ0n) is 8.16. The number of hydrogen-bond donors (Lipinski definition) is 1. The first-order valence-corrected chi connectivity index (χ1v) is 4.68. The predicted octanol–water partition coefficient (Wildman–Crippen LogP) is 1.66. The summed E-state index contributed by atoms with van der Waals surface area (Å²) in [5.74, 6) is -0.545. The van der Waals surface area contributed by atoms with E-state index in [4.69, 9.17) is 9.84 Å². The monoisotopic (exact) mass is 186 g/mol. The molecule has 0 bridgehead atoms. The standard InChI is InChI=1S/C10H18O3/c1-3-5-6-8-13-10(12)9(11)7-4-2/h4,9,11H,2-3,5-8H2,1H3. The minimum atomic E-state index is -1.04. The molecule has 0 saturated carbocycles. The van der Waals surface area contributed by atoms with Crippen molar-refractivity contribution in [3.8, 4) is 0 Å². The van der Waals surface area contributed by atoms with Crippen molar-refractivity contribution >= 4 is 5.97 Å². The summed E-state index contributed by atoms with van der Waals surface area (Å²) in [5.41, 5.74) is 0. The van der Waals surface area contributed by atoms with E-state index in [1.54, 1.807) is 0 Å². The van der Waals surface area contributed by atoms with Gasteiger partial charge in [0, 0.05) is 6.42 Å². The minimum Gasteiger partial charge on any atom is -0.464 e. The Hall–Kier alpha value is -0.830. The van der Waals surface area contributed by atoms with E-state index < -0.39 is 12.1 Å². The Morgan fingerprint density at radius 3 is 2.85 bits per heavy atom. The number of esters is 1. The second-order valence-electron chi connectivity index (χ2n) is 2.91. The van der Waals surface area contributed by atoms with E-state index in [1.165, 1.54) is 6.08 Å². The molecule has 0 radical (unpaired) electrons. The lowest BCUT2D eigenvalue weighted by Crippen LogP contribution is -2.22. The number of aliphatic hydroxyl groups excluding tert-OH is 1. The highest BCUT2D eigenvalue weighted by Crippen LogP contribution is 1.99. The van der Waals surface area contributed by atoms with Crippen molar-refractivity contribution in [2.24, 2.45) is 0 Å². The van der Waals surface area contributed by atoms with Crippen molar-refractivity contribution in [2.45, 2.75) is 38.7 Å². The first-order valence-electron chi connectivity index (χ1n) is 4.68. The molecule has 76 valence electrons. The van der Waals surface area contributed by atoms with Crippen LogP contribution in [0.3, 0.4) is 0 Å². The fourth-order valence-corrected chi connectivity index (χ4v) is 0.875. The van der Waals surface area contributed by atoms with Gasteiger partial charge in [-0.3, -0.25) is 0 Å². The summed E-state index contributed by atoms with van der Waals surface area (Å²) in [7, 11) is 0. The van der Waals surface area contributed by atoms with E-state index in [-0.39, 0.29) is 6.42 Å². The Labute approximate surface area is 79.4 Å². The average Bonchev–Trinajstić information content (AvgIpc) is 2.12. The van der Waals surface area contributed by atoms with E-state index >= 15 is 0 Å². The fourth-order valence-electron chi connectivity index (χ4n) is 0.875. The third-order valence-electron chi connectivity index (χ3n) is 1.65. The van der Waals surface area contributed by atoms with Gasteiger partial charge in [0.15, 0.2) is 6.10 Å². The molecule has 0 aromatic rings. The molecule has 0 rings (SSSR count). The van der Waals surface area contributed by atoms with Crippen LogP contribution in [0.2, 0.25) is 0 Å². The smallest absolute Gasteiger partial charge is 0.335 e. The fraction of sp³-hybridized carbons (Fsp3) is 0.700. The van der Waals surface area contributed by atoms with Gasteiger partial charge in [-0.05, 0) is 6.42 Å². The highest BCUT2D eigenvalue weighted by atomic mass is 16.5. The lowest BCUT2D eigenvalue weighted by molar-refractivity contribution is -0.153. The van der Waals surface area contributed by atoms with E-state index in [0.717, 1.165) is 19.3 Å². The van der Waals surface area contributed by atoms with Crippen molar-refractivity contribution in [1.82, 2.24) is 0 Å². The molecule has 0 aliphatic rings. The SMILES string of the molecule is C=CCC(O)C(=O)OCCCCC. The van der Waals surface area contributed by atoms with Gasteiger partial charge in [-0.1, -0.05) is 25.8 Å². The Bertz CT molecular complexity index is 154. The largest absolute Gasteiger partial charge is 0.464 e. The molecule has 3 nitrogen and oxygen atoms in total. The van der Waals surface area contributed by atoms with Crippen molar-refractivity contribution in [2.75, 3.05) is 6.61 Å². The molecule has 0 aliphatic heterocycles. The molecule has 0 saturated heterocycles. The normalized spacial score (nSPS) is 12.2. The summed E-state index contributed by atoms with van der Waals surface area (Å²) < 4.78 is 4.82. The predicted molar refractivity (Wildman–Crippen MR) is 51.3 cm³/mol. The van der Waals surface area contributed by atoms with Crippen molar-refractivity contribution in [3.05, 3.63) is 12.7 Å². The lowest BCUT2D eigenvalue weighted by atomic mass is 10.2. The van der Waals surface area contributed by atoms with Crippen LogP contribution in [0.5, 0.6) is 0 Å². The zero-order valence-corrected chi connectivity index (χ0v) is 8.16. The first kappa shape index (κ1) is 12.2. The molecule has 1 unspecified atom stereocenters. The van der Waals surface area contributed by atoms with Crippen LogP contribution in [-0.4, -0.2) is 23.8 Å². The van der Waals surface area contributed by atoms with Gasteiger partial charge in [0.05, 0.1) is 6.61 Å². The number of aliphatic hydroxyl groups is 1. The van der Waals surface area contributed by atoms with Gasteiger partial charge in [0.25, 0.3) is 0 Å². The lowest BCUT2D eigenvalue weighted by Gasteiger charge is -2.07. The summed E-state index contributed by atoms with van der Waals surface area (Å²) >= 11 is 0. The van der Waals surface area contributed by atoms with Gasteiger partial charge in [0.1, 0.15) is 0 Å². The molecular weight excluding hydrogens is 168 g/mol. The van der Waals surface area contributed by atoms with Crippen LogP contribution in [0.25, 0.3) is 0 Å². The van der Waals surface area contributed by atoms with Crippen LogP contribution in [-0.2, 0) is 9.53 Å². The van der Waals surface area contributed by atoms with E-state index in [1.807, 2.05) is 0 Å². The van der Waals surface area contributed by atoms with Crippen molar-refractivity contribution in [3.63, 3.8) is 0 Å². The number of unbranched alkanes of at least 4 members (excludes halogenated alkanes) is 2. The van der Waals surface area contributed by atoms with E-state index in [0.29, 0.717) is 6.61 Å². The van der Waals surface area contributed by atoms with Crippen molar-refractivity contribution < 1.29 is 14.6 Å². The van der Waals surface area contributed by atoms with Crippen LogP contribution < -0.4 is 0 Å². The van der Waals surface area contributed by atoms with Gasteiger partial charge in [-0.25, -0.2) is 4.79 Å².